The summed E-state index contributed by atoms with van der Waals surface area (Å²) in [5.41, 5.74) is 5.54. The zero-order chi connectivity index (χ0) is 14.3. The molecule has 1 atom stereocenters. The molecular weight excluding hydrogens is 244 g/mol. The van der Waals surface area contributed by atoms with Crippen LogP contribution in [0.2, 0.25) is 0 Å². The van der Waals surface area contributed by atoms with E-state index in [1.165, 1.54) is 6.42 Å². The Balaban J connectivity index is 2.51. The van der Waals surface area contributed by atoms with Gasteiger partial charge in [-0.3, -0.25) is 15.0 Å². The molecule has 1 saturated carbocycles. The predicted molar refractivity (Wildman–Crippen MR) is 74.7 cm³/mol. The maximum Gasteiger partial charge on any atom is 0.321 e. The van der Waals surface area contributed by atoms with Crippen molar-refractivity contribution in [3.8, 4) is 0 Å². The molecule has 0 aliphatic heterocycles. The van der Waals surface area contributed by atoms with E-state index in [9.17, 15) is 9.59 Å². The van der Waals surface area contributed by atoms with Gasteiger partial charge in [0.2, 0.25) is 5.91 Å². The number of nitrogens with two attached hydrogens (primary N) is 1. The van der Waals surface area contributed by atoms with Crippen molar-refractivity contribution >= 4 is 11.9 Å². The molecule has 1 aliphatic rings. The molecule has 1 unspecified atom stereocenters. The van der Waals surface area contributed by atoms with Crippen LogP contribution in [0.25, 0.3) is 0 Å². The third-order valence-electron chi connectivity index (χ3n) is 3.62. The van der Waals surface area contributed by atoms with Crippen molar-refractivity contribution in [2.45, 2.75) is 51.6 Å². The van der Waals surface area contributed by atoms with Gasteiger partial charge in [-0.05, 0) is 39.7 Å². The van der Waals surface area contributed by atoms with E-state index in [1.54, 1.807) is 0 Å². The van der Waals surface area contributed by atoms with Crippen LogP contribution in [0.4, 0.5) is 4.79 Å². The van der Waals surface area contributed by atoms with Crippen LogP contribution >= 0.6 is 0 Å². The van der Waals surface area contributed by atoms with Gasteiger partial charge in [0.1, 0.15) is 0 Å². The number of carbonyl (C=O) groups is 2. The summed E-state index contributed by atoms with van der Waals surface area (Å²) >= 11 is 0. The lowest BCUT2D eigenvalue weighted by Crippen LogP contribution is -2.54. The van der Waals surface area contributed by atoms with Gasteiger partial charge in [0.25, 0.3) is 0 Å². The number of nitrogens with zero attached hydrogens (tertiary/aromatic N) is 1. The number of urea groups is 1. The largest absolute Gasteiger partial charge is 0.338 e. The zero-order valence-electron chi connectivity index (χ0n) is 11.9. The summed E-state index contributed by atoms with van der Waals surface area (Å²) in [6.45, 7) is 5.60. The van der Waals surface area contributed by atoms with Crippen molar-refractivity contribution in [2.75, 3.05) is 19.6 Å². The second-order valence-corrected chi connectivity index (χ2v) is 4.99. The SMILES string of the molecule is CCNC(=O)NC(=O)C(C)N(CCCN)C1CCC1. The van der Waals surface area contributed by atoms with E-state index < -0.39 is 6.03 Å². The van der Waals surface area contributed by atoms with Gasteiger partial charge in [0.15, 0.2) is 0 Å². The van der Waals surface area contributed by atoms with Crippen LogP contribution < -0.4 is 16.4 Å². The number of hydrogen-bond acceptors (Lipinski definition) is 4. The van der Waals surface area contributed by atoms with Gasteiger partial charge < -0.3 is 11.1 Å². The van der Waals surface area contributed by atoms with Crippen LogP contribution in [-0.4, -0.2) is 48.6 Å². The molecule has 0 aromatic heterocycles. The summed E-state index contributed by atoms with van der Waals surface area (Å²) < 4.78 is 0. The summed E-state index contributed by atoms with van der Waals surface area (Å²) in [4.78, 5) is 25.6. The molecule has 19 heavy (non-hydrogen) atoms. The minimum absolute atomic E-state index is 0.241. The Morgan fingerprint density at radius 1 is 1.42 bits per heavy atom. The molecule has 1 aliphatic carbocycles. The van der Waals surface area contributed by atoms with Crippen LogP contribution in [0.15, 0.2) is 0 Å². The van der Waals surface area contributed by atoms with Gasteiger partial charge in [-0.1, -0.05) is 6.42 Å². The highest BCUT2D eigenvalue weighted by molar-refractivity contribution is 5.96. The molecule has 110 valence electrons. The van der Waals surface area contributed by atoms with Gasteiger partial charge in [0.05, 0.1) is 6.04 Å². The van der Waals surface area contributed by atoms with Gasteiger partial charge in [-0.2, -0.15) is 0 Å². The van der Waals surface area contributed by atoms with E-state index in [0.29, 0.717) is 19.1 Å². The van der Waals surface area contributed by atoms with Crippen LogP contribution in [0.3, 0.4) is 0 Å². The number of rotatable bonds is 7. The minimum Gasteiger partial charge on any atom is -0.338 e. The third-order valence-corrected chi connectivity index (χ3v) is 3.62. The number of amides is 3. The Bertz CT molecular complexity index is 305. The Kier molecular flexibility index (Phi) is 6.80. The number of nitrogens with one attached hydrogen (secondary N) is 2. The first kappa shape index (κ1) is 15.9. The lowest BCUT2D eigenvalue weighted by Gasteiger charge is -2.40. The summed E-state index contributed by atoms with van der Waals surface area (Å²) in [7, 11) is 0. The molecule has 0 heterocycles. The molecule has 6 nitrogen and oxygen atoms in total. The third kappa shape index (κ3) is 4.80. The first-order chi connectivity index (χ1) is 9.10. The van der Waals surface area contributed by atoms with Gasteiger partial charge in [-0.15, -0.1) is 0 Å². The van der Waals surface area contributed by atoms with Crippen molar-refractivity contribution in [3.05, 3.63) is 0 Å². The number of hydrogen-bond donors (Lipinski definition) is 3. The van der Waals surface area contributed by atoms with E-state index in [0.717, 1.165) is 25.8 Å². The molecule has 6 heteroatoms. The predicted octanol–water partition coefficient (Wildman–Crippen LogP) is 0.424. The molecule has 3 amide bonds. The van der Waals surface area contributed by atoms with Crippen molar-refractivity contribution in [1.29, 1.82) is 0 Å². The first-order valence-electron chi connectivity index (χ1n) is 7.14. The summed E-state index contributed by atoms with van der Waals surface area (Å²) in [5, 5.41) is 4.94. The highest BCUT2D eigenvalue weighted by Gasteiger charge is 2.31. The molecule has 1 fully saturated rings. The molecule has 0 radical (unpaired) electrons. The van der Waals surface area contributed by atoms with Gasteiger partial charge >= 0.3 is 6.03 Å². The van der Waals surface area contributed by atoms with Crippen LogP contribution in [0.5, 0.6) is 0 Å². The van der Waals surface area contributed by atoms with Crippen molar-refractivity contribution < 1.29 is 9.59 Å². The molecule has 1 rings (SSSR count). The van der Waals surface area contributed by atoms with E-state index in [2.05, 4.69) is 15.5 Å². The second kappa shape index (κ2) is 8.12. The normalized spacial score (nSPS) is 16.8. The lowest BCUT2D eigenvalue weighted by molar-refractivity contribution is -0.126. The fourth-order valence-corrected chi connectivity index (χ4v) is 2.26. The van der Waals surface area contributed by atoms with E-state index in [4.69, 9.17) is 5.73 Å². The Labute approximate surface area is 115 Å². The molecular formula is C13H26N4O2. The molecule has 0 bridgehead atoms. The highest BCUT2D eigenvalue weighted by atomic mass is 16.2. The monoisotopic (exact) mass is 270 g/mol. The zero-order valence-corrected chi connectivity index (χ0v) is 11.9. The van der Waals surface area contributed by atoms with Crippen LogP contribution in [0, 0.1) is 0 Å². The second-order valence-electron chi connectivity index (χ2n) is 4.99. The fraction of sp³-hybridized carbons (Fsp3) is 0.846. The minimum atomic E-state index is -0.424. The average molecular weight is 270 g/mol. The van der Waals surface area contributed by atoms with Gasteiger partial charge in [0, 0.05) is 19.1 Å². The molecule has 0 spiro atoms. The Hall–Kier alpha value is -1.14. The highest BCUT2D eigenvalue weighted by Crippen LogP contribution is 2.26. The molecule has 0 aromatic rings. The van der Waals surface area contributed by atoms with Crippen molar-refractivity contribution in [1.82, 2.24) is 15.5 Å². The molecule has 0 saturated heterocycles. The van der Waals surface area contributed by atoms with Crippen molar-refractivity contribution in [3.63, 3.8) is 0 Å². The molecule has 0 aromatic carbocycles. The van der Waals surface area contributed by atoms with E-state index >= 15 is 0 Å². The smallest absolute Gasteiger partial charge is 0.321 e. The Morgan fingerprint density at radius 3 is 2.58 bits per heavy atom. The molecule has 4 N–H and O–H groups in total. The van der Waals surface area contributed by atoms with E-state index in [1.807, 2.05) is 13.8 Å². The maximum atomic E-state index is 12.0. The van der Waals surface area contributed by atoms with Crippen LogP contribution in [-0.2, 0) is 4.79 Å². The summed E-state index contributed by atoms with van der Waals surface area (Å²) in [6.07, 6.45) is 4.34. The Morgan fingerprint density at radius 2 is 2.11 bits per heavy atom. The number of carbonyl (C=O) groups excluding carboxylic acids is 2. The number of imide groups is 1. The summed E-state index contributed by atoms with van der Waals surface area (Å²) in [5.74, 6) is -0.241. The maximum absolute atomic E-state index is 12.0. The van der Waals surface area contributed by atoms with Crippen LogP contribution in [0.1, 0.15) is 39.5 Å². The van der Waals surface area contributed by atoms with Crippen molar-refractivity contribution in [2.24, 2.45) is 5.73 Å². The topological polar surface area (TPSA) is 87.5 Å². The fourth-order valence-electron chi connectivity index (χ4n) is 2.26. The standard InChI is InChI=1S/C13H26N4O2/c1-3-15-13(19)16-12(18)10(2)17(9-5-8-14)11-6-4-7-11/h10-11H,3-9,14H2,1-2H3,(H2,15,16,18,19). The average Bonchev–Trinajstić information content (AvgIpc) is 2.31. The van der Waals surface area contributed by atoms with E-state index in [-0.39, 0.29) is 11.9 Å². The first-order valence-corrected chi connectivity index (χ1v) is 7.14. The van der Waals surface area contributed by atoms with Gasteiger partial charge in [-0.25, -0.2) is 4.79 Å². The quantitative estimate of drug-likeness (QED) is 0.626. The summed E-state index contributed by atoms with van der Waals surface area (Å²) in [6, 6.07) is -0.257. The lowest BCUT2D eigenvalue weighted by atomic mass is 9.90.